The number of fused-ring (bicyclic) bond motifs is 1. The zero-order valence-electron chi connectivity index (χ0n) is 31.3. The first-order valence-electron chi connectivity index (χ1n) is 18.5. The van der Waals surface area contributed by atoms with Gasteiger partial charge in [0.05, 0.1) is 36.9 Å². The average molecular weight is 746 g/mol. The van der Waals surface area contributed by atoms with E-state index in [1.807, 2.05) is 42.6 Å². The molecule has 0 saturated carbocycles. The molecule has 1 aromatic heterocycles. The van der Waals surface area contributed by atoms with Crippen molar-refractivity contribution in [3.8, 4) is 11.5 Å². The second kappa shape index (κ2) is 17.1. The SMILES string of the molecule is COc1cc(CCCN2CCN(C)CC2)ccc1Nc1nccc(C2=C(c3ccc(OC)c(C(=O)Nc4c(F)cccc4F)c3)CCC=C3C=CC=CN32)n1. The Morgan fingerprint density at radius 3 is 2.51 bits per heavy atom. The van der Waals surface area contributed by atoms with Crippen LogP contribution in [0.2, 0.25) is 0 Å². The molecule has 0 atom stereocenters. The number of allylic oxidation sites excluding steroid dienone is 5. The Kier molecular flexibility index (Phi) is 11.6. The maximum Gasteiger partial charge on any atom is 0.259 e. The van der Waals surface area contributed by atoms with E-state index in [1.54, 1.807) is 25.4 Å². The van der Waals surface area contributed by atoms with Gasteiger partial charge < -0.3 is 34.8 Å². The number of amides is 1. The van der Waals surface area contributed by atoms with E-state index in [0.29, 0.717) is 30.2 Å². The number of benzene rings is 3. The summed E-state index contributed by atoms with van der Waals surface area (Å²) in [5.41, 5.74) is 5.61. The van der Waals surface area contributed by atoms with Gasteiger partial charge in [-0.2, -0.15) is 0 Å². The molecule has 3 aliphatic heterocycles. The molecule has 1 amide bonds. The van der Waals surface area contributed by atoms with Gasteiger partial charge in [0.15, 0.2) is 0 Å². The van der Waals surface area contributed by atoms with Crippen molar-refractivity contribution in [2.45, 2.75) is 25.7 Å². The van der Waals surface area contributed by atoms with Crippen molar-refractivity contribution in [2.24, 2.45) is 0 Å². The van der Waals surface area contributed by atoms with Crippen molar-refractivity contribution in [1.82, 2.24) is 24.7 Å². The van der Waals surface area contributed by atoms with Crippen LogP contribution in [0.4, 0.5) is 26.1 Å². The summed E-state index contributed by atoms with van der Waals surface area (Å²) in [5.74, 6) is -1.11. The van der Waals surface area contributed by atoms with Crippen molar-refractivity contribution >= 4 is 34.5 Å². The van der Waals surface area contributed by atoms with Crippen molar-refractivity contribution in [3.63, 3.8) is 0 Å². The van der Waals surface area contributed by atoms with E-state index < -0.39 is 23.2 Å². The molecule has 3 aromatic carbocycles. The molecular formula is C43H45F2N7O3. The van der Waals surface area contributed by atoms with Crippen molar-refractivity contribution in [2.75, 3.05) is 64.6 Å². The molecule has 0 radical (unpaired) electrons. The van der Waals surface area contributed by atoms with Crippen LogP contribution in [-0.4, -0.2) is 84.6 Å². The molecule has 2 N–H and O–H groups in total. The number of nitrogens with one attached hydrogen (secondary N) is 2. The van der Waals surface area contributed by atoms with Crippen LogP contribution in [-0.2, 0) is 6.42 Å². The zero-order valence-corrected chi connectivity index (χ0v) is 31.3. The molecule has 1 fully saturated rings. The van der Waals surface area contributed by atoms with Crippen LogP contribution in [0.25, 0.3) is 11.3 Å². The number of halogens is 2. The molecule has 4 aromatic rings. The van der Waals surface area contributed by atoms with Gasteiger partial charge in [-0.05, 0) is 111 Å². The molecule has 12 heteroatoms. The van der Waals surface area contributed by atoms with E-state index in [1.165, 1.54) is 18.7 Å². The fourth-order valence-corrected chi connectivity index (χ4v) is 7.13. The predicted molar refractivity (Wildman–Crippen MR) is 212 cm³/mol. The summed E-state index contributed by atoms with van der Waals surface area (Å²) in [6.07, 6.45) is 15.2. The van der Waals surface area contributed by atoms with E-state index in [-0.39, 0.29) is 11.3 Å². The summed E-state index contributed by atoms with van der Waals surface area (Å²) >= 11 is 0. The highest BCUT2D eigenvalue weighted by Gasteiger charge is 2.26. The minimum atomic E-state index is -0.876. The lowest BCUT2D eigenvalue weighted by molar-refractivity contribution is 0.102. The second-order valence-electron chi connectivity index (χ2n) is 13.7. The maximum absolute atomic E-state index is 14.5. The molecule has 55 heavy (non-hydrogen) atoms. The molecule has 0 aliphatic carbocycles. The molecule has 4 heterocycles. The van der Waals surface area contributed by atoms with Crippen LogP contribution < -0.4 is 20.1 Å². The molecular weight excluding hydrogens is 701 g/mol. The van der Waals surface area contributed by atoms with E-state index in [9.17, 15) is 13.6 Å². The van der Waals surface area contributed by atoms with Gasteiger partial charge in [-0.25, -0.2) is 18.7 Å². The van der Waals surface area contributed by atoms with Crippen LogP contribution in [0.3, 0.4) is 0 Å². The van der Waals surface area contributed by atoms with Crippen molar-refractivity contribution < 1.29 is 23.0 Å². The first-order valence-corrected chi connectivity index (χ1v) is 18.5. The Bertz CT molecular complexity index is 2160. The topological polar surface area (TPSA) is 95.1 Å². The number of aryl methyl sites for hydroxylation is 1. The molecule has 0 bridgehead atoms. The van der Waals surface area contributed by atoms with Crippen LogP contribution in [0, 0.1) is 11.6 Å². The second-order valence-corrected chi connectivity index (χ2v) is 13.7. The van der Waals surface area contributed by atoms with Crippen molar-refractivity contribution in [1.29, 1.82) is 0 Å². The number of aromatic nitrogens is 2. The van der Waals surface area contributed by atoms with Crippen LogP contribution in [0.15, 0.2) is 103 Å². The number of para-hydroxylation sites is 1. The van der Waals surface area contributed by atoms with Crippen LogP contribution in [0.5, 0.6) is 11.5 Å². The fraction of sp³-hybridized carbons (Fsp3) is 0.279. The lowest BCUT2D eigenvalue weighted by Crippen LogP contribution is -2.44. The zero-order chi connectivity index (χ0) is 38.3. The smallest absolute Gasteiger partial charge is 0.259 e. The minimum absolute atomic E-state index is 0.126. The van der Waals surface area contributed by atoms with Gasteiger partial charge in [-0.15, -0.1) is 0 Å². The molecule has 3 aliphatic rings. The van der Waals surface area contributed by atoms with Gasteiger partial charge in [0.25, 0.3) is 5.91 Å². The standard InChI is InChI=1S/C43H45F2N7O3/c1-50-23-25-51(26-24-50)21-8-9-29-15-17-36(39(27-29)55-3)47-43-46-20-19-37(48-43)41-32(12-6-11-31-10-4-5-22-52(31)41)30-16-18-38(54-2)33(28-30)42(53)49-40-34(44)13-7-14-35(40)45/h4-5,7,10-11,13-20,22,27-28H,6,8-9,12,21,23-26H2,1-3H3,(H,49,53)(H,46,47,48). The van der Waals surface area contributed by atoms with Gasteiger partial charge in [0.2, 0.25) is 5.95 Å². The van der Waals surface area contributed by atoms with Gasteiger partial charge in [-0.3, -0.25) is 4.79 Å². The summed E-state index contributed by atoms with van der Waals surface area (Å²) in [6, 6.07) is 16.7. The highest BCUT2D eigenvalue weighted by Crippen LogP contribution is 2.40. The van der Waals surface area contributed by atoms with Gasteiger partial charge in [0, 0.05) is 44.3 Å². The number of anilines is 3. The normalized spacial score (nSPS) is 16.0. The summed E-state index contributed by atoms with van der Waals surface area (Å²) < 4.78 is 40.4. The van der Waals surface area contributed by atoms with E-state index >= 15 is 0 Å². The predicted octanol–water partition coefficient (Wildman–Crippen LogP) is 7.88. The van der Waals surface area contributed by atoms with Crippen LogP contribution in [0.1, 0.15) is 46.4 Å². The van der Waals surface area contributed by atoms with Gasteiger partial charge in [0.1, 0.15) is 28.8 Å². The van der Waals surface area contributed by atoms with Crippen molar-refractivity contribution in [3.05, 3.63) is 137 Å². The van der Waals surface area contributed by atoms with E-state index in [2.05, 4.69) is 55.6 Å². The Morgan fingerprint density at radius 2 is 1.73 bits per heavy atom. The van der Waals surface area contributed by atoms with Crippen LogP contribution >= 0.6 is 0 Å². The molecule has 1 saturated heterocycles. The molecule has 0 spiro atoms. The summed E-state index contributed by atoms with van der Waals surface area (Å²) in [5, 5.41) is 5.78. The third kappa shape index (κ3) is 8.61. The summed E-state index contributed by atoms with van der Waals surface area (Å²) in [4.78, 5) is 30.1. The first-order chi connectivity index (χ1) is 26.8. The molecule has 7 rings (SSSR count). The maximum atomic E-state index is 14.5. The number of hydrogen-bond donors (Lipinski definition) is 2. The molecule has 0 unspecified atom stereocenters. The van der Waals surface area contributed by atoms with E-state index in [0.717, 1.165) is 85.9 Å². The third-order valence-corrected chi connectivity index (χ3v) is 10.1. The monoisotopic (exact) mass is 745 g/mol. The minimum Gasteiger partial charge on any atom is -0.496 e. The lowest BCUT2D eigenvalue weighted by atomic mass is 9.95. The number of methoxy groups -OCH3 is 2. The molecule has 284 valence electrons. The highest BCUT2D eigenvalue weighted by molar-refractivity contribution is 6.07. The first kappa shape index (κ1) is 37.5. The number of piperazine rings is 1. The van der Waals surface area contributed by atoms with Gasteiger partial charge in [-0.1, -0.05) is 30.4 Å². The fourth-order valence-electron chi connectivity index (χ4n) is 7.13. The Balaban J connectivity index is 1.19. The largest absolute Gasteiger partial charge is 0.496 e. The molecule has 10 nitrogen and oxygen atoms in total. The Morgan fingerprint density at radius 1 is 0.927 bits per heavy atom. The quantitative estimate of drug-likeness (QED) is 0.150. The van der Waals surface area contributed by atoms with E-state index in [4.69, 9.17) is 14.5 Å². The number of rotatable bonds is 12. The Labute approximate surface area is 320 Å². The Hall–Kier alpha value is -5.85. The third-order valence-electron chi connectivity index (χ3n) is 10.1. The number of hydrogen-bond acceptors (Lipinski definition) is 9. The number of carbonyl (C=O) groups is 1. The summed E-state index contributed by atoms with van der Waals surface area (Å²) in [7, 11) is 5.28. The highest BCUT2D eigenvalue weighted by atomic mass is 19.1. The number of nitrogens with zero attached hydrogens (tertiary/aromatic N) is 5. The number of ether oxygens (including phenoxy) is 2. The average Bonchev–Trinajstić information content (AvgIpc) is 3.40. The summed E-state index contributed by atoms with van der Waals surface area (Å²) in [6.45, 7) is 5.53. The number of carbonyl (C=O) groups excluding carboxylic acids is 1. The van der Waals surface area contributed by atoms with Gasteiger partial charge >= 0.3 is 0 Å². The lowest BCUT2D eigenvalue weighted by Gasteiger charge is -2.32. The number of likely N-dealkylation sites (N-methyl/N-ethyl adjacent to an activating group) is 1.